The summed E-state index contributed by atoms with van der Waals surface area (Å²) in [6, 6.07) is 1.85. The number of unbranched alkanes of at least 4 members (excludes halogenated alkanes) is 1. The maximum atomic E-state index is 5.77. The van der Waals surface area contributed by atoms with Crippen molar-refractivity contribution in [2.24, 2.45) is 0 Å². The van der Waals surface area contributed by atoms with Gasteiger partial charge in [-0.2, -0.15) is 0 Å². The Hall–Kier alpha value is -0.970. The number of nitrogens with zero attached hydrogens (tertiary/aromatic N) is 3. The van der Waals surface area contributed by atoms with Crippen LogP contribution in [-0.2, 0) is 0 Å². The Morgan fingerprint density at radius 3 is 2.69 bits per heavy atom. The lowest BCUT2D eigenvalue weighted by Gasteiger charge is -2.22. The summed E-state index contributed by atoms with van der Waals surface area (Å²) in [6.45, 7) is 6.30. The third-order valence-electron chi connectivity index (χ3n) is 2.38. The summed E-state index contributed by atoms with van der Waals surface area (Å²) in [5.41, 5.74) is 5.77. The molecule has 0 aromatic carbocycles. The number of anilines is 2. The molecule has 1 aromatic rings. The van der Waals surface area contributed by atoms with E-state index >= 15 is 0 Å². The van der Waals surface area contributed by atoms with Gasteiger partial charge in [0, 0.05) is 19.2 Å². The average Bonchev–Trinajstić information content (AvgIpc) is 2.29. The summed E-state index contributed by atoms with van der Waals surface area (Å²) < 4.78 is 0. The molecule has 0 aliphatic heterocycles. The van der Waals surface area contributed by atoms with Gasteiger partial charge in [-0.15, -0.1) is 0 Å². The van der Waals surface area contributed by atoms with Gasteiger partial charge in [-0.05, 0) is 19.6 Å². The van der Waals surface area contributed by atoms with E-state index in [2.05, 4.69) is 28.7 Å². The Morgan fingerprint density at radius 2 is 2.12 bits per heavy atom. The molecule has 0 aliphatic carbocycles. The topological polar surface area (TPSA) is 55.0 Å². The highest BCUT2D eigenvalue weighted by molar-refractivity contribution is 7.98. The van der Waals surface area contributed by atoms with Gasteiger partial charge in [0.25, 0.3) is 0 Å². The Balaban J connectivity index is 2.86. The summed E-state index contributed by atoms with van der Waals surface area (Å²) in [5, 5.41) is 0.741. The van der Waals surface area contributed by atoms with E-state index in [9.17, 15) is 0 Å². The molecule has 5 heteroatoms. The van der Waals surface area contributed by atoms with Gasteiger partial charge < -0.3 is 10.6 Å². The molecule has 0 unspecified atom stereocenters. The van der Waals surface area contributed by atoms with Crippen molar-refractivity contribution in [1.82, 2.24) is 9.97 Å². The summed E-state index contributed by atoms with van der Waals surface area (Å²) >= 11 is 1.52. The van der Waals surface area contributed by atoms with E-state index < -0.39 is 0 Å². The first-order chi connectivity index (χ1) is 7.71. The van der Waals surface area contributed by atoms with Crippen molar-refractivity contribution in [3.05, 3.63) is 6.07 Å². The summed E-state index contributed by atoms with van der Waals surface area (Å²) in [4.78, 5) is 10.9. The molecule has 1 heterocycles. The van der Waals surface area contributed by atoms with Crippen LogP contribution >= 0.6 is 11.8 Å². The number of aromatic nitrogens is 2. The maximum absolute atomic E-state index is 5.77. The second kappa shape index (κ2) is 6.58. The molecule has 0 saturated carbocycles. The minimum Gasteiger partial charge on any atom is -0.383 e. The van der Waals surface area contributed by atoms with E-state index in [0.717, 1.165) is 24.1 Å². The van der Waals surface area contributed by atoms with Crippen molar-refractivity contribution in [2.75, 3.05) is 30.0 Å². The van der Waals surface area contributed by atoms with Crippen LogP contribution in [0, 0.1) is 0 Å². The second-order valence-corrected chi connectivity index (χ2v) is 4.34. The van der Waals surface area contributed by atoms with Crippen LogP contribution in [-0.4, -0.2) is 29.3 Å². The fourth-order valence-electron chi connectivity index (χ4n) is 1.47. The first-order valence-corrected chi connectivity index (χ1v) is 6.87. The molecule has 0 aliphatic rings. The Labute approximate surface area is 102 Å². The highest BCUT2D eigenvalue weighted by Gasteiger charge is 2.08. The van der Waals surface area contributed by atoms with E-state index in [-0.39, 0.29) is 0 Å². The van der Waals surface area contributed by atoms with Gasteiger partial charge in [0.1, 0.15) is 11.6 Å². The molecule has 0 atom stereocenters. The van der Waals surface area contributed by atoms with E-state index in [0.29, 0.717) is 5.82 Å². The van der Waals surface area contributed by atoms with Crippen LogP contribution in [0.15, 0.2) is 11.2 Å². The van der Waals surface area contributed by atoms with Crippen LogP contribution < -0.4 is 10.6 Å². The molecule has 0 radical (unpaired) electrons. The van der Waals surface area contributed by atoms with Crippen molar-refractivity contribution in [1.29, 1.82) is 0 Å². The number of hydrogen-bond acceptors (Lipinski definition) is 5. The molecule has 16 heavy (non-hydrogen) atoms. The third kappa shape index (κ3) is 3.56. The fraction of sp³-hybridized carbons (Fsp3) is 0.636. The van der Waals surface area contributed by atoms with Crippen LogP contribution in [0.1, 0.15) is 26.7 Å². The molecule has 0 fully saturated rings. The second-order valence-electron chi connectivity index (χ2n) is 3.57. The average molecular weight is 240 g/mol. The summed E-state index contributed by atoms with van der Waals surface area (Å²) in [7, 11) is 0. The molecule has 1 aromatic heterocycles. The molecular weight excluding hydrogens is 220 g/mol. The van der Waals surface area contributed by atoms with E-state index in [1.54, 1.807) is 0 Å². The molecule has 2 N–H and O–H groups in total. The third-order valence-corrected chi connectivity index (χ3v) is 2.93. The number of thioether (sulfide) groups is 1. The summed E-state index contributed by atoms with van der Waals surface area (Å²) in [6.07, 6.45) is 4.32. The van der Waals surface area contributed by atoms with Gasteiger partial charge >= 0.3 is 0 Å². The van der Waals surface area contributed by atoms with Crippen LogP contribution in [0.4, 0.5) is 11.6 Å². The highest BCUT2D eigenvalue weighted by atomic mass is 32.2. The van der Waals surface area contributed by atoms with Gasteiger partial charge in [-0.1, -0.05) is 25.1 Å². The lowest BCUT2D eigenvalue weighted by Crippen LogP contribution is -2.25. The van der Waals surface area contributed by atoms with Gasteiger partial charge in [-0.3, -0.25) is 0 Å². The molecule has 0 bridgehead atoms. The van der Waals surface area contributed by atoms with Crippen LogP contribution in [0.3, 0.4) is 0 Å². The van der Waals surface area contributed by atoms with E-state index in [1.165, 1.54) is 24.6 Å². The highest BCUT2D eigenvalue weighted by Crippen LogP contribution is 2.18. The van der Waals surface area contributed by atoms with Crippen LogP contribution in [0.5, 0.6) is 0 Å². The molecular formula is C11H20N4S. The van der Waals surface area contributed by atoms with Gasteiger partial charge in [0.05, 0.1) is 0 Å². The number of nitrogen functional groups attached to an aromatic ring is 1. The largest absolute Gasteiger partial charge is 0.383 e. The SMILES string of the molecule is CCCCN(CC)c1cc(N)nc(SC)n1. The monoisotopic (exact) mass is 240 g/mol. The summed E-state index contributed by atoms with van der Waals surface area (Å²) in [5.74, 6) is 1.48. The number of nitrogens with two attached hydrogens (primary N) is 1. The van der Waals surface area contributed by atoms with E-state index in [1.807, 2.05) is 12.3 Å². The molecule has 1 rings (SSSR count). The zero-order valence-electron chi connectivity index (χ0n) is 10.2. The standard InChI is InChI=1S/C11H20N4S/c1-4-6-7-15(5-2)10-8-9(12)13-11(14-10)16-3/h8H,4-7H2,1-3H3,(H2,12,13,14). The maximum Gasteiger partial charge on any atom is 0.191 e. The fourth-order valence-corrected chi connectivity index (χ4v) is 1.85. The van der Waals surface area contributed by atoms with Crippen LogP contribution in [0.2, 0.25) is 0 Å². The number of hydrogen-bond donors (Lipinski definition) is 1. The lowest BCUT2D eigenvalue weighted by molar-refractivity contribution is 0.717. The van der Waals surface area contributed by atoms with Crippen molar-refractivity contribution in [3.8, 4) is 0 Å². The predicted octanol–water partition coefficient (Wildman–Crippen LogP) is 2.41. The predicted molar refractivity (Wildman–Crippen MR) is 71.0 cm³/mol. The quantitative estimate of drug-likeness (QED) is 0.611. The van der Waals surface area contributed by atoms with Crippen molar-refractivity contribution in [2.45, 2.75) is 31.8 Å². The minimum absolute atomic E-state index is 0.546. The minimum atomic E-state index is 0.546. The molecule has 4 nitrogen and oxygen atoms in total. The Morgan fingerprint density at radius 1 is 1.38 bits per heavy atom. The molecule has 0 amide bonds. The Bertz CT molecular complexity index is 330. The molecule has 0 spiro atoms. The van der Waals surface area contributed by atoms with E-state index in [4.69, 9.17) is 5.73 Å². The van der Waals surface area contributed by atoms with Gasteiger partial charge in [0.15, 0.2) is 5.16 Å². The van der Waals surface area contributed by atoms with Crippen molar-refractivity contribution < 1.29 is 0 Å². The normalized spacial score (nSPS) is 10.4. The Kier molecular flexibility index (Phi) is 5.38. The van der Waals surface area contributed by atoms with Gasteiger partial charge in [0.2, 0.25) is 0 Å². The van der Waals surface area contributed by atoms with Crippen molar-refractivity contribution >= 4 is 23.4 Å². The lowest BCUT2D eigenvalue weighted by atomic mass is 10.3. The smallest absolute Gasteiger partial charge is 0.191 e. The van der Waals surface area contributed by atoms with Gasteiger partial charge in [-0.25, -0.2) is 9.97 Å². The zero-order valence-corrected chi connectivity index (χ0v) is 11.0. The number of rotatable bonds is 6. The first-order valence-electron chi connectivity index (χ1n) is 5.64. The molecule has 0 saturated heterocycles. The van der Waals surface area contributed by atoms with Crippen LogP contribution in [0.25, 0.3) is 0 Å². The molecule has 90 valence electrons. The van der Waals surface area contributed by atoms with Crippen molar-refractivity contribution in [3.63, 3.8) is 0 Å². The first kappa shape index (κ1) is 13.1. The zero-order chi connectivity index (χ0) is 12.0.